The Morgan fingerprint density at radius 3 is 2.25 bits per heavy atom. The second kappa shape index (κ2) is 4.79. The summed E-state index contributed by atoms with van der Waals surface area (Å²) in [6, 6.07) is 0. The molecule has 0 heterocycles. The third-order valence-corrected chi connectivity index (χ3v) is 2.16. The highest BCUT2D eigenvalue weighted by Crippen LogP contribution is 2.44. The zero-order valence-electron chi connectivity index (χ0n) is 7.55. The van der Waals surface area contributed by atoms with E-state index in [-0.39, 0.29) is 5.33 Å². The molecule has 0 saturated heterocycles. The molecule has 0 saturated carbocycles. The van der Waals surface area contributed by atoms with Gasteiger partial charge in [-0.25, -0.2) is 26.3 Å². The normalized spacial score (nSPS) is 31.3. The van der Waals surface area contributed by atoms with Crippen molar-refractivity contribution >= 4 is 15.9 Å². The van der Waals surface area contributed by atoms with Gasteiger partial charge in [-0.05, 0) is 0 Å². The molecule has 0 bridgehead atoms. The van der Waals surface area contributed by atoms with Crippen molar-refractivity contribution in [2.45, 2.75) is 12.0 Å². The van der Waals surface area contributed by atoms with E-state index < -0.39 is 41.9 Å². The Kier molecular flexibility index (Phi) is 4.06. The van der Waals surface area contributed by atoms with E-state index in [1.54, 1.807) is 0 Å². The molecule has 2 atom stereocenters. The molecule has 0 fully saturated rings. The molecule has 1 aliphatic rings. The van der Waals surface area contributed by atoms with Crippen LogP contribution < -0.4 is 0 Å². The fraction of sp³-hybridized carbons (Fsp3) is 0.500. The van der Waals surface area contributed by atoms with Crippen molar-refractivity contribution in [3.05, 3.63) is 23.3 Å². The van der Waals surface area contributed by atoms with E-state index in [1.807, 2.05) is 0 Å². The van der Waals surface area contributed by atoms with Crippen LogP contribution in [0.4, 0.5) is 26.3 Å². The molecule has 0 aliphatic heterocycles. The van der Waals surface area contributed by atoms with Crippen LogP contribution in [-0.2, 0) is 4.74 Å². The molecular formula is C8H5BrF6O. The molecule has 0 aromatic heterocycles. The monoisotopic (exact) mass is 310 g/mol. The first-order valence-corrected chi connectivity index (χ1v) is 5.12. The highest BCUT2D eigenvalue weighted by atomic mass is 79.9. The number of ether oxygens (including phenoxy) is 1. The molecular weight excluding hydrogens is 306 g/mol. The summed E-state index contributed by atoms with van der Waals surface area (Å²) in [7, 11) is 0. The minimum Gasteiger partial charge on any atom is -0.337 e. The maximum absolute atomic E-state index is 13.5. The predicted octanol–water partition coefficient (Wildman–Crippen LogP) is 3.72. The molecule has 0 aromatic carbocycles. The average molecular weight is 311 g/mol. The number of hydrogen-bond donors (Lipinski definition) is 0. The maximum Gasteiger partial charge on any atom is 0.303 e. The van der Waals surface area contributed by atoms with Crippen molar-refractivity contribution in [2.24, 2.45) is 0 Å². The van der Waals surface area contributed by atoms with E-state index in [4.69, 9.17) is 0 Å². The van der Waals surface area contributed by atoms with E-state index in [0.717, 1.165) is 0 Å². The van der Waals surface area contributed by atoms with Crippen LogP contribution in [0.15, 0.2) is 23.3 Å². The zero-order chi connectivity index (χ0) is 12.5. The number of rotatable bonds is 3. The van der Waals surface area contributed by atoms with Gasteiger partial charge >= 0.3 is 5.85 Å². The molecule has 0 amide bonds. The van der Waals surface area contributed by atoms with Gasteiger partial charge in [-0.15, -0.1) is 0 Å². The lowest BCUT2D eigenvalue weighted by Crippen LogP contribution is -2.42. The Morgan fingerprint density at radius 1 is 1.19 bits per heavy atom. The molecule has 1 rings (SSSR count). The van der Waals surface area contributed by atoms with Crippen LogP contribution in [0, 0.1) is 0 Å². The lowest BCUT2D eigenvalue weighted by Gasteiger charge is -2.29. The smallest absolute Gasteiger partial charge is 0.303 e. The molecule has 8 heteroatoms. The van der Waals surface area contributed by atoms with Gasteiger partial charge in [0.25, 0.3) is 0 Å². The third-order valence-electron chi connectivity index (χ3n) is 1.83. The predicted molar refractivity (Wildman–Crippen MR) is 47.0 cm³/mol. The maximum atomic E-state index is 13.5. The van der Waals surface area contributed by atoms with Crippen LogP contribution in [-0.4, -0.2) is 24.0 Å². The van der Waals surface area contributed by atoms with Crippen molar-refractivity contribution in [1.29, 1.82) is 0 Å². The molecule has 1 nitrogen and oxygen atoms in total. The minimum absolute atomic E-state index is 0.0197. The van der Waals surface area contributed by atoms with Crippen LogP contribution in [0.5, 0.6) is 0 Å². The van der Waals surface area contributed by atoms with Gasteiger partial charge < -0.3 is 4.74 Å². The van der Waals surface area contributed by atoms with Crippen molar-refractivity contribution < 1.29 is 31.1 Å². The highest BCUT2D eigenvalue weighted by molar-refractivity contribution is 9.09. The van der Waals surface area contributed by atoms with Crippen molar-refractivity contribution in [1.82, 2.24) is 0 Å². The van der Waals surface area contributed by atoms with E-state index in [0.29, 0.717) is 0 Å². The van der Waals surface area contributed by atoms with Gasteiger partial charge in [0.1, 0.15) is 0 Å². The number of hydrogen-bond acceptors (Lipinski definition) is 1. The lowest BCUT2D eigenvalue weighted by atomic mass is 10.0. The summed E-state index contributed by atoms with van der Waals surface area (Å²) < 4.78 is 81.3. The Balaban J connectivity index is 3.14. The van der Waals surface area contributed by atoms with E-state index in [9.17, 15) is 26.3 Å². The fourth-order valence-electron chi connectivity index (χ4n) is 1.06. The quantitative estimate of drug-likeness (QED) is 0.570. The van der Waals surface area contributed by atoms with E-state index >= 15 is 0 Å². The highest BCUT2D eigenvalue weighted by Gasteiger charge is 2.55. The first kappa shape index (κ1) is 13.6. The van der Waals surface area contributed by atoms with Crippen molar-refractivity contribution in [2.75, 3.05) is 11.9 Å². The average Bonchev–Trinajstić information content (AvgIpc) is 2.29. The third kappa shape index (κ3) is 2.00. The second-order valence-corrected chi connectivity index (χ2v) is 3.63. The first-order chi connectivity index (χ1) is 7.36. The minimum atomic E-state index is -3.96. The Hall–Kier alpha value is -0.500. The zero-order valence-corrected chi connectivity index (χ0v) is 9.13. The molecule has 92 valence electrons. The summed E-state index contributed by atoms with van der Waals surface area (Å²) in [6.07, 6.45) is -3.37. The number of alkyl halides is 3. The van der Waals surface area contributed by atoms with Crippen LogP contribution in [0.25, 0.3) is 0 Å². The Morgan fingerprint density at radius 2 is 1.75 bits per heavy atom. The molecule has 0 aromatic rings. The van der Waals surface area contributed by atoms with Crippen LogP contribution in [0.2, 0.25) is 0 Å². The van der Waals surface area contributed by atoms with Crippen LogP contribution in [0.1, 0.15) is 0 Å². The lowest BCUT2D eigenvalue weighted by molar-refractivity contribution is -0.166. The summed E-state index contributed by atoms with van der Waals surface area (Å²) in [5.74, 6) is -13.6. The standard InChI is InChI=1S/C8H5BrF6O/c9-1-2-16-8(15)6(13)4(11)3(10)5(12)7(8)14/h6H,1-2H2/t6-,8+/m0/s1. The molecule has 1 aliphatic carbocycles. The van der Waals surface area contributed by atoms with Gasteiger partial charge in [0, 0.05) is 5.33 Å². The fourth-order valence-corrected chi connectivity index (χ4v) is 1.22. The number of allylic oxidation sites excluding steroid dienone is 2. The topological polar surface area (TPSA) is 9.23 Å². The van der Waals surface area contributed by atoms with Gasteiger partial charge in [0.15, 0.2) is 17.5 Å². The van der Waals surface area contributed by atoms with E-state index in [1.165, 1.54) is 0 Å². The molecule has 0 N–H and O–H groups in total. The summed E-state index contributed by atoms with van der Waals surface area (Å²) in [6.45, 7) is -0.549. The van der Waals surface area contributed by atoms with Crippen LogP contribution >= 0.6 is 15.9 Å². The van der Waals surface area contributed by atoms with Gasteiger partial charge in [-0.2, -0.15) is 0 Å². The SMILES string of the molecule is FC1=C(F)[C@H](F)[C@@](F)(OCCBr)C(F)=C1F. The van der Waals surface area contributed by atoms with Gasteiger partial charge in [-0.3, -0.25) is 0 Å². The molecule has 0 radical (unpaired) electrons. The summed E-state index contributed by atoms with van der Waals surface area (Å²) in [4.78, 5) is 0. The van der Waals surface area contributed by atoms with Gasteiger partial charge in [0.2, 0.25) is 12.0 Å². The van der Waals surface area contributed by atoms with Crippen LogP contribution in [0.3, 0.4) is 0 Å². The largest absolute Gasteiger partial charge is 0.337 e. The summed E-state index contributed by atoms with van der Waals surface area (Å²) >= 11 is 2.76. The molecule has 0 unspecified atom stereocenters. The van der Waals surface area contributed by atoms with Crippen molar-refractivity contribution in [3.8, 4) is 0 Å². The molecule has 0 spiro atoms. The van der Waals surface area contributed by atoms with Gasteiger partial charge in [-0.1, -0.05) is 15.9 Å². The van der Waals surface area contributed by atoms with E-state index in [2.05, 4.69) is 20.7 Å². The summed E-state index contributed by atoms with van der Waals surface area (Å²) in [5.41, 5.74) is 0. The number of halogens is 7. The Bertz CT molecular complexity index is 354. The summed E-state index contributed by atoms with van der Waals surface area (Å²) in [5, 5.41) is -0.0197. The van der Waals surface area contributed by atoms with Gasteiger partial charge in [0.05, 0.1) is 6.61 Å². The van der Waals surface area contributed by atoms with Crippen molar-refractivity contribution in [3.63, 3.8) is 0 Å². The second-order valence-electron chi connectivity index (χ2n) is 2.83. The first-order valence-electron chi connectivity index (χ1n) is 4.00. The molecule has 16 heavy (non-hydrogen) atoms. The Labute approximate surface area is 94.9 Å².